The van der Waals surface area contributed by atoms with Gasteiger partial charge in [-0.05, 0) is 24.6 Å². The summed E-state index contributed by atoms with van der Waals surface area (Å²) >= 11 is 5.75. The maximum atomic E-state index is 12.1. The zero-order valence-corrected chi connectivity index (χ0v) is 10.2. The van der Waals surface area contributed by atoms with Crippen molar-refractivity contribution in [3.05, 3.63) is 28.3 Å². The second-order valence-electron chi connectivity index (χ2n) is 3.39. The molecule has 0 saturated heterocycles. The minimum Gasteiger partial charge on any atom is -0.507 e. The van der Waals surface area contributed by atoms with Crippen LogP contribution < -0.4 is 5.73 Å². The summed E-state index contributed by atoms with van der Waals surface area (Å²) in [5.41, 5.74) is 6.33. The Morgan fingerprint density at radius 2 is 2.00 bits per heavy atom. The lowest BCUT2D eigenvalue weighted by Crippen LogP contribution is -2.14. The molecule has 0 saturated carbocycles. The first kappa shape index (κ1) is 15.4. The predicted octanol–water partition coefficient (Wildman–Crippen LogP) is 3.43. The molecule has 1 aromatic carbocycles. The Morgan fingerprint density at radius 1 is 1.44 bits per heavy atom. The fourth-order valence-electron chi connectivity index (χ4n) is 1.36. The molecule has 0 fully saturated rings. The van der Waals surface area contributed by atoms with E-state index in [9.17, 15) is 13.9 Å². The van der Waals surface area contributed by atoms with E-state index in [-0.39, 0.29) is 23.7 Å². The standard InChI is InChI=1S/C10H12ClF2NO.ClH/c1-5-2-6(11)3-7(10(5)15)8(14)4-9(12)13;/h2-3,8-9,15H,4,14H2,1H3;1H/t8-;/m1./s1. The van der Waals surface area contributed by atoms with Crippen molar-refractivity contribution in [3.63, 3.8) is 0 Å². The highest BCUT2D eigenvalue weighted by Crippen LogP contribution is 2.32. The Morgan fingerprint density at radius 3 is 2.50 bits per heavy atom. The van der Waals surface area contributed by atoms with Gasteiger partial charge in [0.2, 0.25) is 6.43 Å². The largest absolute Gasteiger partial charge is 0.507 e. The van der Waals surface area contributed by atoms with Gasteiger partial charge in [-0.3, -0.25) is 0 Å². The highest BCUT2D eigenvalue weighted by atomic mass is 35.5. The molecule has 1 atom stereocenters. The number of benzene rings is 1. The van der Waals surface area contributed by atoms with Gasteiger partial charge in [0.25, 0.3) is 0 Å². The predicted molar refractivity (Wildman–Crippen MR) is 62.7 cm³/mol. The molecule has 2 nitrogen and oxygen atoms in total. The highest BCUT2D eigenvalue weighted by molar-refractivity contribution is 6.30. The summed E-state index contributed by atoms with van der Waals surface area (Å²) in [6.07, 6.45) is -2.99. The number of nitrogens with two attached hydrogens (primary N) is 1. The molecule has 0 aliphatic heterocycles. The van der Waals surface area contributed by atoms with Crippen LogP contribution in [0.25, 0.3) is 0 Å². The van der Waals surface area contributed by atoms with Gasteiger partial charge in [-0.1, -0.05) is 11.6 Å². The summed E-state index contributed by atoms with van der Waals surface area (Å²) in [5, 5.41) is 10.0. The maximum absolute atomic E-state index is 12.1. The molecule has 0 radical (unpaired) electrons. The van der Waals surface area contributed by atoms with Gasteiger partial charge >= 0.3 is 0 Å². The Bertz CT molecular complexity index is 361. The molecular formula is C10H13Cl2F2NO. The molecular weight excluding hydrogens is 259 g/mol. The van der Waals surface area contributed by atoms with Crippen molar-refractivity contribution in [1.82, 2.24) is 0 Å². The fourth-order valence-corrected chi connectivity index (χ4v) is 1.64. The highest BCUT2D eigenvalue weighted by Gasteiger charge is 2.17. The first-order valence-corrected chi connectivity index (χ1v) is 4.82. The third-order valence-corrected chi connectivity index (χ3v) is 2.34. The summed E-state index contributed by atoms with van der Waals surface area (Å²) in [4.78, 5) is 0. The van der Waals surface area contributed by atoms with Gasteiger partial charge < -0.3 is 10.8 Å². The average molecular weight is 272 g/mol. The second kappa shape index (κ2) is 6.23. The normalized spacial score (nSPS) is 12.4. The van der Waals surface area contributed by atoms with Crippen molar-refractivity contribution in [3.8, 4) is 5.75 Å². The van der Waals surface area contributed by atoms with Crippen LogP contribution in [0.4, 0.5) is 8.78 Å². The molecule has 6 heteroatoms. The lowest BCUT2D eigenvalue weighted by Gasteiger charge is -2.15. The molecule has 3 N–H and O–H groups in total. The Hall–Kier alpha value is -0.580. The number of phenolic OH excluding ortho intramolecular Hbond substituents is 1. The van der Waals surface area contributed by atoms with E-state index in [1.807, 2.05) is 0 Å². The monoisotopic (exact) mass is 271 g/mol. The van der Waals surface area contributed by atoms with Crippen molar-refractivity contribution < 1.29 is 13.9 Å². The van der Waals surface area contributed by atoms with Crippen molar-refractivity contribution in [2.45, 2.75) is 25.8 Å². The van der Waals surface area contributed by atoms with Crippen molar-refractivity contribution in [2.24, 2.45) is 5.73 Å². The first-order chi connectivity index (χ1) is 6.91. The van der Waals surface area contributed by atoms with Crippen LogP contribution in [0.1, 0.15) is 23.6 Å². The van der Waals surface area contributed by atoms with Gasteiger partial charge in [0.1, 0.15) is 5.75 Å². The summed E-state index contributed by atoms with van der Waals surface area (Å²) < 4.78 is 24.2. The number of aromatic hydroxyl groups is 1. The summed E-state index contributed by atoms with van der Waals surface area (Å²) in [7, 11) is 0. The summed E-state index contributed by atoms with van der Waals surface area (Å²) in [6, 6.07) is 2.06. The first-order valence-electron chi connectivity index (χ1n) is 4.44. The van der Waals surface area contributed by atoms with Crippen LogP contribution in [0.5, 0.6) is 5.75 Å². The molecule has 16 heavy (non-hydrogen) atoms. The topological polar surface area (TPSA) is 46.2 Å². The molecule has 0 heterocycles. The average Bonchev–Trinajstić information content (AvgIpc) is 2.09. The molecule has 0 aliphatic carbocycles. The van der Waals surface area contributed by atoms with Crippen LogP contribution in [0.15, 0.2) is 12.1 Å². The molecule has 0 unspecified atom stereocenters. The number of rotatable bonds is 3. The van der Waals surface area contributed by atoms with Crippen LogP contribution >= 0.6 is 24.0 Å². The number of phenols is 1. The molecule has 0 aliphatic rings. The number of hydrogen-bond donors (Lipinski definition) is 2. The van der Waals surface area contributed by atoms with E-state index in [4.69, 9.17) is 17.3 Å². The minimum absolute atomic E-state index is 0. The van der Waals surface area contributed by atoms with Gasteiger partial charge in [0.05, 0.1) is 0 Å². The third kappa shape index (κ3) is 3.77. The van der Waals surface area contributed by atoms with Crippen molar-refractivity contribution in [1.29, 1.82) is 0 Å². The smallest absolute Gasteiger partial charge is 0.240 e. The third-order valence-electron chi connectivity index (χ3n) is 2.13. The van der Waals surface area contributed by atoms with Gasteiger partial charge in [-0.15, -0.1) is 12.4 Å². The number of alkyl halides is 2. The molecule has 1 aromatic rings. The van der Waals surface area contributed by atoms with Gasteiger partial charge in [0, 0.05) is 23.0 Å². The van der Waals surface area contributed by atoms with Gasteiger partial charge in [-0.25, -0.2) is 8.78 Å². The van der Waals surface area contributed by atoms with E-state index >= 15 is 0 Å². The maximum Gasteiger partial charge on any atom is 0.240 e. The van der Waals surface area contributed by atoms with E-state index < -0.39 is 18.9 Å². The fraction of sp³-hybridized carbons (Fsp3) is 0.400. The Labute approximate surface area is 104 Å². The van der Waals surface area contributed by atoms with Crippen LogP contribution in [0.2, 0.25) is 5.02 Å². The lowest BCUT2D eigenvalue weighted by atomic mass is 10.0. The van der Waals surface area contributed by atoms with E-state index in [1.165, 1.54) is 6.07 Å². The number of halogens is 4. The minimum atomic E-state index is -2.50. The zero-order valence-electron chi connectivity index (χ0n) is 8.58. The van der Waals surface area contributed by atoms with E-state index in [0.717, 1.165) is 0 Å². The van der Waals surface area contributed by atoms with E-state index in [1.54, 1.807) is 13.0 Å². The van der Waals surface area contributed by atoms with Crippen molar-refractivity contribution in [2.75, 3.05) is 0 Å². The van der Waals surface area contributed by atoms with Crippen LogP contribution in [0, 0.1) is 6.92 Å². The summed E-state index contributed by atoms with van der Waals surface area (Å²) in [5.74, 6) is -0.0625. The lowest BCUT2D eigenvalue weighted by molar-refractivity contribution is 0.128. The second-order valence-corrected chi connectivity index (χ2v) is 3.83. The SMILES string of the molecule is Cc1cc(Cl)cc([C@H](N)CC(F)F)c1O.Cl. The van der Waals surface area contributed by atoms with Crippen LogP contribution in [-0.2, 0) is 0 Å². The number of hydrogen-bond acceptors (Lipinski definition) is 2. The quantitative estimate of drug-likeness (QED) is 0.885. The summed E-state index contributed by atoms with van der Waals surface area (Å²) in [6.45, 7) is 1.64. The van der Waals surface area contributed by atoms with E-state index in [2.05, 4.69) is 0 Å². The molecule has 0 aromatic heterocycles. The van der Waals surface area contributed by atoms with Crippen molar-refractivity contribution >= 4 is 24.0 Å². The number of aryl methyl sites for hydroxylation is 1. The Kier molecular flexibility index (Phi) is 6.00. The molecule has 0 spiro atoms. The molecule has 92 valence electrons. The van der Waals surface area contributed by atoms with Gasteiger partial charge in [0.15, 0.2) is 0 Å². The molecule has 1 rings (SSSR count). The molecule has 0 bridgehead atoms. The van der Waals surface area contributed by atoms with Gasteiger partial charge in [-0.2, -0.15) is 0 Å². The Balaban J connectivity index is 0.00000225. The zero-order chi connectivity index (χ0) is 11.6. The van der Waals surface area contributed by atoms with E-state index in [0.29, 0.717) is 10.6 Å². The van der Waals surface area contributed by atoms with Crippen LogP contribution in [0.3, 0.4) is 0 Å². The molecule has 0 amide bonds. The van der Waals surface area contributed by atoms with Crippen LogP contribution in [-0.4, -0.2) is 11.5 Å².